The number of ether oxygens (including phenoxy) is 6. The molecule has 2 aliphatic heterocycles. The Morgan fingerprint density at radius 1 is 0.833 bits per heavy atom. The molecule has 1 aromatic heterocycles. The molecule has 0 aliphatic carbocycles. The molecule has 5 rings (SSSR count). The number of aliphatic hydroxyl groups is 1. The number of fused-ring (bicyclic) bond motifs is 2. The summed E-state index contributed by atoms with van der Waals surface area (Å²) >= 11 is 0. The number of benzene rings is 2. The van der Waals surface area contributed by atoms with E-state index < -0.39 is 58.4 Å². The molecule has 3 heterocycles. The first-order valence-corrected chi connectivity index (χ1v) is 16.2. The van der Waals surface area contributed by atoms with Crippen LogP contribution in [0.1, 0.15) is 71.3 Å². The Labute approximate surface area is 281 Å². The summed E-state index contributed by atoms with van der Waals surface area (Å²) in [7, 11) is 0. The molecule has 0 radical (unpaired) electrons. The third kappa shape index (κ3) is 6.86. The van der Waals surface area contributed by atoms with Crippen LogP contribution in [-0.2, 0) is 56.8 Å². The predicted molar refractivity (Wildman–Crippen MR) is 175 cm³/mol. The van der Waals surface area contributed by atoms with Gasteiger partial charge in [0.05, 0.1) is 19.5 Å². The average Bonchev–Trinajstić information content (AvgIpc) is 3.65. The Kier molecular flexibility index (Phi) is 10.1. The fourth-order valence-corrected chi connectivity index (χ4v) is 6.24. The second-order valence-electron chi connectivity index (χ2n) is 14.2. The van der Waals surface area contributed by atoms with Gasteiger partial charge in [-0.05, 0) is 71.2 Å². The minimum Gasteiger partial charge on any atom is -0.466 e. The third-order valence-corrected chi connectivity index (χ3v) is 8.17. The first-order chi connectivity index (χ1) is 22.7. The van der Waals surface area contributed by atoms with E-state index in [2.05, 4.69) is 6.58 Å². The smallest absolute Gasteiger partial charge is 0.345 e. The van der Waals surface area contributed by atoms with Crippen LogP contribution in [0.2, 0.25) is 0 Å². The van der Waals surface area contributed by atoms with Crippen LogP contribution in [0.25, 0.3) is 0 Å². The maximum absolute atomic E-state index is 14.9. The zero-order chi connectivity index (χ0) is 34.8. The van der Waals surface area contributed by atoms with Crippen LogP contribution in [0.3, 0.4) is 0 Å². The van der Waals surface area contributed by atoms with Crippen molar-refractivity contribution in [2.75, 3.05) is 0 Å². The molecule has 2 aromatic carbocycles. The SMILES string of the molecule is C=CCC[C@]12O[C@H](C(=O)OC(C)(C)C)[C@@](O)(c3ccco3)[C@](C(=O)OC(C)(C)C)(O1)[C@H](OCc1ccccc1)[C@H]2OCc1ccccc1. The molecule has 2 aliphatic rings. The molecule has 3 aromatic rings. The standard InChI is InChI=1S/C38H46O10/c1-8-9-22-36-29(43-24-26-17-12-10-13-18-26)30(44-25-27-19-14-11-15-20-27)38(48-36,33(40)47-35(5,6)7)37(41,28-21-16-23-42-28)31(45-36)32(39)46-34(2,3)4/h8,10-21,23,29-31,41H,1,9,22,24-25H2,2-7H3/t29-,30-,31-,36+,37+,38+/m1/s1. The molecule has 1 N–H and O–H groups in total. The van der Waals surface area contributed by atoms with Crippen molar-refractivity contribution in [1.82, 2.24) is 0 Å². The number of furan rings is 1. The first-order valence-electron chi connectivity index (χ1n) is 16.2. The number of carbonyl (C=O) groups is 2. The molecule has 0 amide bonds. The summed E-state index contributed by atoms with van der Waals surface area (Å²) in [5.74, 6) is -3.93. The van der Waals surface area contributed by atoms with Crippen LogP contribution in [0.5, 0.6) is 0 Å². The first kappa shape index (κ1) is 35.5. The van der Waals surface area contributed by atoms with Gasteiger partial charge in [-0.25, -0.2) is 9.59 Å². The number of esters is 2. The highest BCUT2D eigenvalue weighted by Gasteiger charge is 2.84. The van der Waals surface area contributed by atoms with Gasteiger partial charge in [-0.3, -0.25) is 0 Å². The minimum atomic E-state index is -2.66. The number of carbonyl (C=O) groups excluding carboxylic acids is 2. The van der Waals surface area contributed by atoms with E-state index >= 15 is 0 Å². The Bertz CT molecular complexity index is 1540. The molecule has 10 nitrogen and oxygen atoms in total. The van der Waals surface area contributed by atoms with Crippen molar-refractivity contribution in [2.45, 2.75) is 114 Å². The molecule has 2 fully saturated rings. The van der Waals surface area contributed by atoms with Gasteiger partial charge in [0, 0.05) is 6.42 Å². The lowest BCUT2D eigenvalue weighted by Crippen LogP contribution is -2.74. The second-order valence-corrected chi connectivity index (χ2v) is 14.2. The van der Waals surface area contributed by atoms with Gasteiger partial charge >= 0.3 is 11.9 Å². The van der Waals surface area contributed by atoms with E-state index in [0.717, 1.165) is 11.1 Å². The van der Waals surface area contributed by atoms with Gasteiger partial charge in [0.25, 0.3) is 0 Å². The van der Waals surface area contributed by atoms with Crippen LogP contribution < -0.4 is 0 Å². The van der Waals surface area contributed by atoms with E-state index in [1.807, 2.05) is 60.7 Å². The molecule has 2 saturated heterocycles. The molecular weight excluding hydrogens is 616 g/mol. The van der Waals surface area contributed by atoms with E-state index in [1.165, 1.54) is 18.4 Å². The van der Waals surface area contributed by atoms with E-state index in [9.17, 15) is 14.7 Å². The largest absolute Gasteiger partial charge is 0.466 e. The van der Waals surface area contributed by atoms with Gasteiger partial charge in [0.2, 0.25) is 17.0 Å². The lowest BCUT2D eigenvalue weighted by Gasteiger charge is -2.51. The number of allylic oxidation sites excluding steroid dienone is 1. The van der Waals surface area contributed by atoms with E-state index in [1.54, 1.807) is 47.6 Å². The summed E-state index contributed by atoms with van der Waals surface area (Å²) in [4.78, 5) is 29.1. The molecule has 6 atom stereocenters. The summed E-state index contributed by atoms with van der Waals surface area (Å²) in [6.07, 6.45) is -1.02. The zero-order valence-electron chi connectivity index (χ0n) is 28.5. The molecule has 48 heavy (non-hydrogen) atoms. The zero-order valence-corrected chi connectivity index (χ0v) is 28.5. The highest BCUT2D eigenvalue weighted by molar-refractivity contribution is 5.88. The van der Waals surface area contributed by atoms with Gasteiger partial charge in [0.15, 0.2) is 6.10 Å². The second kappa shape index (κ2) is 13.6. The fourth-order valence-electron chi connectivity index (χ4n) is 6.24. The summed E-state index contributed by atoms with van der Waals surface area (Å²) in [6.45, 7) is 14.1. The highest BCUT2D eigenvalue weighted by atomic mass is 16.8. The van der Waals surface area contributed by atoms with Crippen LogP contribution in [0.4, 0.5) is 0 Å². The van der Waals surface area contributed by atoms with Gasteiger partial charge in [-0.2, -0.15) is 0 Å². The summed E-state index contributed by atoms with van der Waals surface area (Å²) in [6, 6.07) is 21.8. The highest BCUT2D eigenvalue weighted by Crippen LogP contribution is 2.60. The van der Waals surface area contributed by atoms with Crippen molar-refractivity contribution in [3.63, 3.8) is 0 Å². The van der Waals surface area contributed by atoms with Crippen molar-refractivity contribution in [3.05, 3.63) is 109 Å². The maximum atomic E-state index is 14.9. The third-order valence-electron chi connectivity index (χ3n) is 8.17. The number of hydrogen-bond donors (Lipinski definition) is 1. The van der Waals surface area contributed by atoms with Crippen LogP contribution in [-0.4, -0.2) is 57.9 Å². The van der Waals surface area contributed by atoms with Crippen molar-refractivity contribution >= 4 is 11.9 Å². The van der Waals surface area contributed by atoms with E-state index in [4.69, 9.17) is 32.8 Å². The average molecular weight is 663 g/mol. The summed E-state index contributed by atoms with van der Waals surface area (Å²) < 4.78 is 44.4. The van der Waals surface area contributed by atoms with E-state index in [0.29, 0.717) is 6.42 Å². The molecule has 10 heteroatoms. The Balaban J connectivity index is 1.77. The van der Waals surface area contributed by atoms with Crippen LogP contribution >= 0.6 is 0 Å². The molecule has 2 bridgehead atoms. The quantitative estimate of drug-likeness (QED) is 0.178. The lowest BCUT2D eigenvalue weighted by molar-refractivity contribution is -0.392. The van der Waals surface area contributed by atoms with Crippen molar-refractivity contribution < 1.29 is 47.5 Å². The van der Waals surface area contributed by atoms with Gasteiger partial charge in [-0.15, -0.1) is 6.58 Å². The maximum Gasteiger partial charge on any atom is 0.345 e. The molecule has 258 valence electrons. The molecular formula is C38H46O10. The predicted octanol–water partition coefficient (Wildman–Crippen LogP) is 6.15. The van der Waals surface area contributed by atoms with Crippen LogP contribution in [0.15, 0.2) is 96.1 Å². The van der Waals surface area contributed by atoms with Gasteiger partial charge in [-0.1, -0.05) is 66.7 Å². The molecule has 0 spiro atoms. The van der Waals surface area contributed by atoms with Gasteiger partial charge in [0.1, 0.15) is 29.2 Å². The molecule has 0 saturated carbocycles. The Morgan fingerprint density at radius 2 is 1.40 bits per heavy atom. The molecule has 0 unspecified atom stereocenters. The fraction of sp³-hybridized carbons (Fsp3) is 0.474. The summed E-state index contributed by atoms with van der Waals surface area (Å²) in [5, 5.41) is 13.2. The topological polar surface area (TPSA) is 123 Å². The lowest BCUT2D eigenvalue weighted by atomic mass is 9.72. The number of hydrogen-bond acceptors (Lipinski definition) is 10. The van der Waals surface area contributed by atoms with Crippen molar-refractivity contribution in [3.8, 4) is 0 Å². The normalized spacial score (nSPS) is 28.5. The van der Waals surface area contributed by atoms with Crippen molar-refractivity contribution in [1.29, 1.82) is 0 Å². The van der Waals surface area contributed by atoms with E-state index in [-0.39, 0.29) is 25.4 Å². The minimum absolute atomic E-state index is 0.00646. The van der Waals surface area contributed by atoms with Crippen molar-refractivity contribution in [2.24, 2.45) is 0 Å². The Hall–Kier alpha value is -3.80. The Morgan fingerprint density at radius 3 is 1.90 bits per heavy atom. The van der Waals surface area contributed by atoms with Gasteiger partial charge < -0.3 is 37.9 Å². The summed E-state index contributed by atoms with van der Waals surface area (Å²) in [5.41, 5.74) is -5.54. The number of rotatable bonds is 12. The monoisotopic (exact) mass is 662 g/mol. The van der Waals surface area contributed by atoms with Crippen LogP contribution in [0, 0.1) is 0 Å².